The molecule has 1 heterocycles. The fourth-order valence-corrected chi connectivity index (χ4v) is 2.65. The van der Waals surface area contributed by atoms with Gasteiger partial charge in [0.25, 0.3) is 0 Å². The quantitative estimate of drug-likeness (QED) is 0.323. The highest BCUT2D eigenvalue weighted by molar-refractivity contribution is 14.0. The lowest BCUT2D eigenvalue weighted by Crippen LogP contribution is -2.37. The number of aromatic nitrogens is 3. The minimum atomic E-state index is 0. The van der Waals surface area contributed by atoms with Crippen LogP contribution in [-0.4, -0.2) is 34.4 Å². The highest BCUT2D eigenvalue weighted by Crippen LogP contribution is 2.22. The van der Waals surface area contributed by atoms with Gasteiger partial charge in [0.1, 0.15) is 17.9 Å². The molecule has 0 aliphatic heterocycles. The van der Waals surface area contributed by atoms with Crippen LogP contribution in [0.25, 0.3) is 10.8 Å². The average molecular weight is 480 g/mol. The molecule has 0 fully saturated rings. The highest BCUT2D eigenvalue weighted by atomic mass is 127. The van der Waals surface area contributed by atoms with Gasteiger partial charge in [0.15, 0.2) is 5.96 Å². The zero-order chi connectivity index (χ0) is 18.4. The molecule has 144 valence electrons. The number of hydrogen-bond donors (Lipinski definition) is 2. The van der Waals surface area contributed by atoms with Gasteiger partial charge in [-0.15, -0.1) is 24.0 Å². The molecule has 2 aromatic carbocycles. The van der Waals surface area contributed by atoms with Gasteiger partial charge in [0.05, 0.1) is 20.2 Å². The summed E-state index contributed by atoms with van der Waals surface area (Å²) < 4.78 is 7.02. The van der Waals surface area contributed by atoms with Crippen LogP contribution in [0.1, 0.15) is 18.3 Å². The van der Waals surface area contributed by atoms with E-state index in [-0.39, 0.29) is 24.0 Å². The van der Waals surface area contributed by atoms with E-state index in [0.717, 1.165) is 35.0 Å². The maximum absolute atomic E-state index is 5.27. The van der Waals surface area contributed by atoms with Gasteiger partial charge in [0, 0.05) is 13.6 Å². The standard InChI is InChI=1S/C19H24N6O.HI/c1-4-20-19(22-12-18-23-13-24-25(18)2)21-11-14-5-6-16-10-17(26-3)8-7-15(16)9-14;/h5-10,13H,4,11-12H2,1-3H3,(H2,20,21,22);1H. The summed E-state index contributed by atoms with van der Waals surface area (Å²) >= 11 is 0. The zero-order valence-corrected chi connectivity index (χ0v) is 18.1. The molecule has 0 saturated carbocycles. The predicted molar refractivity (Wildman–Crippen MR) is 119 cm³/mol. The number of rotatable bonds is 6. The van der Waals surface area contributed by atoms with Gasteiger partial charge in [0.2, 0.25) is 0 Å². The molecule has 7 nitrogen and oxygen atoms in total. The molecule has 3 rings (SSSR count). The predicted octanol–water partition coefficient (Wildman–Crippen LogP) is 2.85. The van der Waals surface area contributed by atoms with Crippen LogP contribution in [-0.2, 0) is 20.1 Å². The Kier molecular flexibility index (Phi) is 7.83. The summed E-state index contributed by atoms with van der Waals surface area (Å²) in [7, 11) is 3.55. The lowest BCUT2D eigenvalue weighted by Gasteiger charge is -2.11. The van der Waals surface area contributed by atoms with Crippen molar-refractivity contribution in [1.82, 2.24) is 25.4 Å². The summed E-state index contributed by atoms with van der Waals surface area (Å²) in [5, 5.41) is 12.9. The summed E-state index contributed by atoms with van der Waals surface area (Å²) in [6, 6.07) is 12.4. The maximum Gasteiger partial charge on any atom is 0.191 e. The monoisotopic (exact) mass is 480 g/mol. The van der Waals surface area contributed by atoms with E-state index in [4.69, 9.17) is 4.74 Å². The normalized spacial score (nSPS) is 11.1. The topological polar surface area (TPSA) is 76.4 Å². The van der Waals surface area contributed by atoms with Crippen molar-refractivity contribution in [2.75, 3.05) is 13.7 Å². The van der Waals surface area contributed by atoms with E-state index >= 15 is 0 Å². The number of halogens is 1. The molecule has 0 amide bonds. The SMILES string of the molecule is CCNC(=NCc1ccc2cc(OC)ccc2c1)NCc1ncnn1C.I. The minimum absolute atomic E-state index is 0. The number of hydrogen-bond acceptors (Lipinski definition) is 4. The van der Waals surface area contributed by atoms with Crippen LogP contribution in [0.3, 0.4) is 0 Å². The highest BCUT2D eigenvalue weighted by Gasteiger charge is 2.03. The minimum Gasteiger partial charge on any atom is -0.497 e. The van der Waals surface area contributed by atoms with Crippen LogP contribution >= 0.6 is 24.0 Å². The number of aliphatic imine (C=N–C) groups is 1. The molecule has 3 aromatic rings. The van der Waals surface area contributed by atoms with Crippen molar-refractivity contribution in [2.45, 2.75) is 20.0 Å². The van der Waals surface area contributed by atoms with Crippen LogP contribution in [0.5, 0.6) is 5.75 Å². The van der Waals surface area contributed by atoms with Gasteiger partial charge in [-0.2, -0.15) is 5.10 Å². The van der Waals surface area contributed by atoms with Crippen molar-refractivity contribution in [1.29, 1.82) is 0 Å². The fourth-order valence-electron chi connectivity index (χ4n) is 2.65. The summed E-state index contributed by atoms with van der Waals surface area (Å²) in [5.74, 6) is 2.48. The Labute approximate surface area is 176 Å². The largest absolute Gasteiger partial charge is 0.497 e. The number of benzene rings is 2. The molecule has 27 heavy (non-hydrogen) atoms. The van der Waals surface area contributed by atoms with Crippen molar-refractivity contribution < 1.29 is 4.74 Å². The first-order valence-corrected chi connectivity index (χ1v) is 8.61. The molecule has 0 aliphatic rings. The Balaban J connectivity index is 0.00000261. The Hall–Kier alpha value is -2.36. The van der Waals surface area contributed by atoms with E-state index in [1.165, 1.54) is 5.39 Å². The van der Waals surface area contributed by atoms with Crippen molar-refractivity contribution >= 4 is 40.7 Å². The second-order valence-corrected chi connectivity index (χ2v) is 5.90. The molecule has 1 aromatic heterocycles. The number of aryl methyl sites for hydroxylation is 1. The molecule has 8 heteroatoms. The van der Waals surface area contributed by atoms with Gasteiger partial charge < -0.3 is 15.4 Å². The number of nitrogens with zero attached hydrogens (tertiary/aromatic N) is 4. The second kappa shape index (κ2) is 10.1. The number of guanidine groups is 1. The molecule has 0 saturated heterocycles. The summed E-state index contributed by atoms with van der Waals surface area (Å²) in [5.41, 5.74) is 1.15. The Morgan fingerprint density at radius 2 is 1.93 bits per heavy atom. The Morgan fingerprint density at radius 3 is 2.63 bits per heavy atom. The zero-order valence-electron chi connectivity index (χ0n) is 15.8. The molecule has 0 atom stereocenters. The molecule has 0 radical (unpaired) electrons. The lowest BCUT2D eigenvalue weighted by molar-refractivity contribution is 0.415. The number of fused-ring (bicyclic) bond motifs is 1. The summed E-state index contributed by atoms with van der Waals surface area (Å²) in [6.07, 6.45) is 1.55. The van der Waals surface area contributed by atoms with E-state index in [1.54, 1.807) is 18.1 Å². The maximum atomic E-state index is 5.27. The molecular weight excluding hydrogens is 455 g/mol. The molecule has 0 aliphatic carbocycles. The van der Waals surface area contributed by atoms with Gasteiger partial charge in [-0.1, -0.05) is 18.2 Å². The third-order valence-electron chi connectivity index (χ3n) is 4.09. The molecule has 0 unspecified atom stereocenters. The first-order valence-electron chi connectivity index (χ1n) is 8.61. The van der Waals surface area contributed by atoms with Gasteiger partial charge in [-0.25, -0.2) is 9.98 Å². The van der Waals surface area contributed by atoms with E-state index < -0.39 is 0 Å². The third kappa shape index (κ3) is 5.56. The number of methoxy groups -OCH3 is 1. The van der Waals surface area contributed by atoms with E-state index in [1.807, 2.05) is 26.1 Å². The smallest absolute Gasteiger partial charge is 0.191 e. The molecule has 0 bridgehead atoms. The molecule has 2 N–H and O–H groups in total. The number of ether oxygens (including phenoxy) is 1. The van der Waals surface area contributed by atoms with Crippen LogP contribution in [0.15, 0.2) is 47.7 Å². The van der Waals surface area contributed by atoms with Gasteiger partial charge in [-0.3, -0.25) is 4.68 Å². The van der Waals surface area contributed by atoms with Crippen LogP contribution in [0, 0.1) is 0 Å². The summed E-state index contributed by atoms with van der Waals surface area (Å²) in [4.78, 5) is 8.88. The van der Waals surface area contributed by atoms with E-state index in [0.29, 0.717) is 13.1 Å². The van der Waals surface area contributed by atoms with Gasteiger partial charge in [-0.05, 0) is 41.5 Å². The second-order valence-electron chi connectivity index (χ2n) is 5.90. The van der Waals surface area contributed by atoms with Crippen molar-refractivity contribution in [3.63, 3.8) is 0 Å². The molecule has 0 spiro atoms. The van der Waals surface area contributed by atoms with Gasteiger partial charge >= 0.3 is 0 Å². The average Bonchev–Trinajstić information content (AvgIpc) is 3.08. The van der Waals surface area contributed by atoms with E-state index in [9.17, 15) is 0 Å². The van der Waals surface area contributed by atoms with Crippen molar-refractivity contribution in [2.24, 2.45) is 12.0 Å². The fraction of sp³-hybridized carbons (Fsp3) is 0.316. The van der Waals surface area contributed by atoms with Crippen molar-refractivity contribution in [3.8, 4) is 5.75 Å². The number of nitrogens with one attached hydrogen (secondary N) is 2. The Morgan fingerprint density at radius 1 is 1.15 bits per heavy atom. The van der Waals surface area contributed by atoms with E-state index in [2.05, 4.69) is 50.0 Å². The third-order valence-corrected chi connectivity index (χ3v) is 4.09. The first kappa shape index (κ1) is 20.9. The molecular formula is C19H25IN6O. The lowest BCUT2D eigenvalue weighted by atomic mass is 10.1. The van der Waals surface area contributed by atoms with Crippen molar-refractivity contribution in [3.05, 3.63) is 54.1 Å². The van der Waals surface area contributed by atoms with Crippen LogP contribution in [0.4, 0.5) is 0 Å². The Bertz CT molecular complexity index is 908. The van der Waals surface area contributed by atoms with Crippen LogP contribution in [0.2, 0.25) is 0 Å². The van der Waals surface area contributed by atoms with Crippen LogP contribution < -0.4 is 15.4 Å². The first-order chi connectivity index (χ1) is 12.7. The summed E-state index contributed by atoms with van der Waals surface area (Å²) in [6.45, 7) is 4.00.